The van der Waals surface area contributed by atoms with Gasteiger partial charge in [0.2, 0.25) is 11.8 Å². The van der Waals surface area contributed by atoms with Gasteiger partial charge in [-0.05, 0) is 6.07 Å². The summed E-state index contributed by atoms with van der Waals surface area (Å²) in [7, 11) is 0.951. The third-order valence-corrected chi connectivity index (χ3v) is 1.78. The Kier molecular flexibility index (Phi) is 4.04. The monoisotopic (exact) mass is 271 g/mol. The van der Waals surface area contributed by atoms with Crippen LogP contribution >= 0.6 is 0 Å². The molecular weight excluding hydrogens is 265 g/mol. The number of methoxy groups -OCH3 is 1. The van der Waals surface area contributed by atoms with Crippen molar-refractivity contribution in [2.75, 3.05) is 7.11 Å². The Balaban J connectivity index is 3.30. The van der Waals surface area contributed by atoms with E-state index in [0.29, 0.717) is 6.07 Å². The predicted molar refractivity (Wildman–Crippen MR) is 47.8 cm³/mol. The normalized spacial score (nSPS) is 11.5. The summed E-state index contributed by atoms with van der Waals surface area (Å²) < 4.78 is 68.8. The van der Waals surface area contributed by atoms with Gasteiger partial charge in [-0.1, -0.05) is 0 Å². The zero-order valence-electron chi connectivity index (χ0n) is 8.79. The lowest BCUT2D eigenvalue weighted by Crippen LogP contribution is -2.19. The van der Waals surface area contributed by atoms with Gasteiger partial charge in [-0.2, -0.15) is 4.98 Å². The molecule has 0 atom stereocenters. The highest BCUT2D eigenvalue weighted by atomic mass is 19.4. The van der Waals surface area contributed by atoms with Gasteiger partial charge >= 0.3 is 6.36 Å². The molecule has 0 aliphatic rings. The molecule has 0 bridgehead atoms. The number of halogens is 5. The van der Waals surface area contributed by atoms with Gasteiger partial charge in [0, 0.05) is 0 Å². The van der Waals surface area contributed by atoms with Crippen molar-refractivity contribution < 1.29 is 36.2 Å². The van der Waals surface area contributed by atoms with Crippen LogP contribution in [0.15, 0.2) is 6.07 Å². The molecule has 18 heavy (non-hydrogen) atoms. The minimum Gasteiger partial charge on any atom is -0.481 e. The van der Waals surface area contributed by atoms with Crippen molar-refractivity contribution in [1.82, 2.24) is 4.98 Å². The van der Waals surface area contributed by atoms with Gasteiger partial charge in [0.15, 0.2) is 6.29 Å². The molecule has 1 rings (SSSR count). The van der Waals surface area contributed by atoms with Crippen LogP contribution in [0.4, 0.5) is 22.0 Å². The predicted octanol–water partition coefficient (Wildman–Crippen LogP) is 2.74. The van der Waals surface area contributed by atoms with Crippen molar-refractivity contribution in [3.05, 3.63) is 17.2 Å². The van der Waals surface area contributed by atoms with Crippen LogP contribution in [0.25, 0.3) is 0 Å². The minimum absolute atomic E-state index is 0.0700. The summed E-state index contributed by atoms with van der Waals surface area (Å²) >= 11 is 0. The van der Waals surface area contributed by atoms with Crippen LogP contribution in [0, 0.1) is 0 Å². The second kappa shape index (κ2) is 5.15. The molecule has 0 spiro atoms. The highest BCUT2D eigenvalue weighted by Gasteiger charge is 2.34. The van der Waals surface area contributed by atoms with E-state index in [9.17, 15) is 26.7 Å². The third kappa shape index (κ3) is 3.28. The summed E-state index contributed by atoms with van der Waals surface area (Å²) in [4.78, 5) is 13.6. The van der Waals surface area contributed by atoms with E-state index in [2.05, 4.69) is 14.5 Å². The summed E-state index contributed by atoms with van der Waals surface area (Å²) in [6, 6.07) is 0.532. The van der Waals surface area contributed by atoms with Gasteiger partial charge in [-0.3, -0.25) is 4.79 Å². The number of nitrogens with zero attached hydrogens (tertiary/aromatic N) is 1. The Hall–Kier alpha value is -1.93. The summed E-state index contributed by atoms with van der Waals surface area (Å²) in [5.41, 5.74) is -1.54. The fourth-order valence-corrected chi connectivity index (χ4v) is 1.11. The molecule has 0 radical (unpaired) electrons. The summed E-state index contributed by atoms with van der Waals surface area (Å²) in [5, 5.41) is 0. The average molecular weight is 271 g/mol. The number of pyridine rings is 1. The zero-order chi connectivity index (χ0) is 13.9. The maximum Gasteiger partial charge on any atom is 0.574 e. The first-order valence-corrected chi connectivity index (χ1v) is 4.36. The first-order valence-electron chi connectivity index (χ1n) is 4.36. The Morgan fingerprint density at radius 2 is 1.94 bits per heavy atom. The van der Waals surface area contributed by atoms with E-state index in [1.165, 1.54) is 0 Å². The van der Waals surface area contributed by atoms with Gasteiger partial charge in [-0.15, -0.1) is 13.2 Å². The van der Waals surface area contributed by atoms with Crippen LogP contribution in [0.1, 0.15) is 22.3 Å². The fraction of sp³-hybridized carbons (Fsp3) is 0.333. The van der Waals surface area contributed by atoms with Crippen LogP contribution in [-0.2, 0) is 0 Å². The van der Waals surface area contributed by atoms with E-state index in [-0.39, 0.29) is 6.29 Å². The summed E-state index contributed by atoms with van der Waals surface area (Å²) in [5.74, 6) is -1.88. The lowest BCUT2D eigenvalue weighted by molar-refractivity contribution is -0.276. The minimum atomic E-state index is -5.10. The molecule has 1 aromatic heterocycles. The van der Waals surface area contributed by atoms with Crippen LogP contribution in [-0.4, -0.2) is 24.7 Å². The molecule has 0 aromatic carbocycles. The molecule has 1 heterocycles. The van der Waals surface area contributed by atoms with Crippen LogP contribution in [0.3, 0.4) is 0 Å². The van der Waals surface area contributed by atoms with Crippen LogP contribution in [0.2, 0.25) is 0 Å². The number of carbonyl (C=O) groups excluding carboxylic acids is 1. The smallest absolute Gasteiger partial charge is 0.481 e. The molecule has 0 saturated carbocycles. The van der Waals surface area contributed by atoms with Crippen molar-refractivity contribution in [3.63, 3.8) is 0 Å². The molecule has 9 heteroatoms. The Morgan fingerprint density at radius 1 is 1.33 bits per heavy atom. The second-order valence-corrected chi connectivity index (χ2v) is 2.95. The Morgan fingerprint density at radius 3 is 2.33 bits per heavy atom. The third-order valence-electron chi connectivity index (χ3n) is 1.78. The second-order valence-electron chi connectivity index (χ2n) is 2.95. The van der Waals surface area contributed by atoms with Crippen molar-refractivity contribution in [3.8, 4) is 11.8 Å². The molecular formula is C9H6F5NO3. The van der Waals surface area contributed by atoms with Gasteiger partial charge < -0.3 is 9.47 Å². The lowest BCUT2D eigenvalue weighted by Gasteiger charge is -2.13. The topological polar surface area (TPSA) is 48.4 Å². The fourth-order valence-electron chi connectivity index (χ4n) is 1.11. The molecule has 0 unspecified atom stereocenters. The van der Waals surface area contributed by atoms with Crippen molar-refractivity contribution in [2.45, 2.75) is 12.8 Å². The van der Waals surface area contributed by atoms with Gasteiger partial charge in [0.05, 0.1) is 18.2 Å². The van der Waals surface area contributed by atoms with Crippen molar-refractivity contribution >= 4 is 6.29 Å². The molecule has 0 saturated heterocycles. The number of hydrogen-bond acceptors (Lipinski definition) is 4. The number of hydrogen-bond donors (Lipinski definition) is 0. The van der Waals surface area contributed by atoms with Crippen molar-refractivity contribution in [2.24, 2.45) is 0 Å². The van der Waals surface area contributed by atoms with Gasteiger partial charge in [-0.25, -0.2) is 8.78 Å². The van der Waals surface area contributed by atoms with Gasteiger partial charge in [0.25, 0.3) is 6.43 Å². The Bertz CT molecular complexity index is 447. The molecule has 0 fully saturated rings. The molecule has 0 N–H and O–H groups in total. The highest BCUT2D eigenvalue weighted by molar-refractivity contribution is 5.79. The number of carbonyl (C=O) groups is 1. The van der Waals surface area contributed by atoms with Gasteiger partial charge in [0.1, 0.15) is 0 Å². The SMILES string of the molecule is COc1nc(OC(F)(F)F)c(C=O)cc1C(F)F. The number of aromatic nitrogens is 1. The first kappa shape index (κ1) is 14.1. The number of aldehydes is 1. The molecule has 100 valence electrons. The number of rotatable bonds is 4. The van der Waals surface area contributed by atoms with E-state index in [4.69, 9.17) is 0 Å². The van der Waals surface area contributed by atoms with Crippen LogP contribution < -0.4 is 9.47 Å². The maximum atomic E-state index is 12.5. The highest BCUT2D eigenvalue weighted by Crippen LogP contribution is 2.33. The van der Waals surface area contributed by atoms with Crippen molar-refractivity contribution in [1.29, 1.82) is 0 Å². The lowest BCUT2D eigenvalue weighted by atomic mass is 10.2. The van der Waals surface area contributed by atoms with E-state index in [0.717, 1.165) is 7.11 Å². The number of alkyl halides is 5. The maximum absolute atomic E-state index is 12.5. The molecule has 0 aliphatic carbocycles. The van der Waals surface area contributed by atoms with Crippen LogP contribution in [0.5, 0.6) is 11.8 Å². The Labute approximate surface area is 97.3 Å². The first-order chi connectivity index (χ1) is 8.28. The van der Waals surface area contributed by atoms with E-state index in [1.807, 2.05) is 0 Å². The molecule has 0 amide bonds. The standard InChI is InChI=1S/C9H6F5NO3/c1-17-8-5(6(10)11)2-4(3-16)7(15-8)18-9(12,13)14/h2-3,6H,1H3. The molecule has 1 aromatic rings. The quantitative estimate of drug-likeness (QED) is 0.624. The average Bonchev–Trinajstić information content (AvgIpc) is 2.25. The van der Waals surface area contributed by atoms with E-state index in [1.54, 1.807) is 0 Å². The number of ether oxygens (including phenoxy) is 2. The largest absolute Gasteiger partial charge is 0.574 e. The summed E-state index contributed by atoms with van der Waals surface area (Å²) in [6.07, 6.45) is -8.22. The summed E-state index contributed by atoms with van der Waals surface area (Å²) in [6.45, 7) is 0. The molecule has 0 aliphatic heterocycles. The van der Waals surface area contributed by atoms with E-state index >= 15 is 0 Å². The van der Waals surface area contributed by atoms with E-state index < -0.39 is 35.7 Å². The zero-order valence-corrected chi connectivity index (χ0v) is 8.79. The molecule has 4 nitrogen and oxygen atoms in total.